The number of carbonyl (C=O) groups is 2. The molecule has 0 aliphatic carbocycles. The molecule has 2 aliphatic heterocycles. The fourth-order valence-corrected chi connectivity index (χ4v) is 4.69. The van der Waals surface area contributed by atoms with Gasteiger partial charge in [0.25, 0.3) is 5.91 Å². The summed E-state index contributed by atoms with van der Waals surface area (Å²) < 4.78 is 43.2. The molecule has 33 heavy (non-hydrogen) atoms. The first-order valence-electron chi connectivity index (χ1n) is 10.3. The maximum absolute atomic E-state index is 12.8. The van der Waals surface area contributed by atoms with Gasteiger partial charge in [0.05, 0.1) is 24.7 Å². The number of benzene rings is 2. The lowest BCUT2D eigenvalue weighted by Gasteiger charge is -2.37. The Morgan fingerprint density at radius 3 is 2.42 bits per heavy atom. The van der Waals surface area contributed by atoms with Crippen LogP contribution in [-0.4, -0.2) is 52.5 Å². The average molecular weight is 475 g/mol. The minimum atomic E-state index is -4.38. The highest BCUT2D eigenvalue weighted by atomic mass is 32.2. The molecule has 0 radical (unpaired) electrons. The van der Waals surface area contributed by atoms with Crippen LogP contribution in [0.2, 0.25) is 0 Å². The molecule has 0 atom stereocenters. The van der Waals surface area contributed by atoms with Gasteiger partial charge in [0.15, 0.2) is 0 Å². The summed E-state index contributed by atoms with van der Waals surface area (Å²) in [4.78, 5) is 28.5. The van der Waals surface area contributed by atoms with Crippen molar-refractivity contribution in [2.45, 2.75) is 35.4 Å². The van der Waals surface area contributed by atoms with Gasteiger partial charge in [0.1, 0.15) is 5.60 Å². The molecule has 2 saturated heterocycles. The first-order valence-corrected chi connectivity index (χ1v) is 11.1. The number of likely N-dealkylation sites (tertiary alicyclic amines) is 1. The van der Waals surface area contributed by atoms with E-state index in [-0.39, 0.29) is 29.1 Å². The van der Waals surface area contributed by atoms with Gasteiger partial charge in [0, 0.05) is 36.4 Å². The fourth-order valence-electron chi connectivity index (χ4n) is 4.15. The van der Waals surface area contributed by atoms with E-state index < -0.39 is 17.2 Å². The maximum Gasteiger partial charge on any atom is 0.446 e. The van der Waals surface area contributed by atoms with Crippen molar-refractivity contribution in [3.05, 3.63) is 65.2 Å². The normalized spacial score (nSPS) is 17.7. The van der Waals surface area contributed by atoms with E-state index in [2.05, 4.69) is 6.07 Å². The number of rotatable bonds is 4. The molecule has 2 aromatic carbocycles. The third-order valence-electron chi connectivity index (χ3n) is 5.84. The summed E-state index contributed by atoms with van der Waals surface area (Å²) >= 11 is -0.223. The van der Waals surface area contributed by atoms with Crippen LogP contribution in [0.3, 0.4) is 0 Å². The number of piperidine rings is 1. The first kappa shape index (κ1) is 23.0. The molecule has 6 nitrogen and oxygen atoms in total. The Labute approximate surface area is 192 Å². The van der Waals surface area contributed by atoms with E-state index in [0.717, 1.165) is 5.56 Å². The van der Waals surface area contributed by atoms with E-state index in [9.17, 15) is 28.0 Å². The third kappa shape index (κ3) is 5.25. The SMILES string of the molecule is N#Cc1ccccc1CN1CC2(CCN(C(=O)c3ccc(SC(F)(F)F)cc3)CC2)OC1=O. The molecule has 0 bridgehead atoms. The van der Waals surface area contributed by atoms with Crippen LogP contribution in [0.25, 0.3) is 0 Å². The van der Waals surface area contributed by atoms with Crippen molar-refractivity contribution in [1.82, 2.24) is 9.80 Å². The van der Waals surface area contributed by atoms with Crippen molar-refractivity contribution in [2.24, 2.45) is 0 Å². The van der Waals surface area contributed by atoms with E-state index >= 15 is 0 Å². The summed E-state index contributed by atoms with van der Waals surface area (Å²) in [5, 5.41) is 9.27. The number of thioether (sulfide) groups is 1. The van der Waals surface area contributed by atoms with Gasteiger partial charge in [-0.3, -0.25) is 9.69 Å². The quantitative estimate of drug-likeness (QED) is 0.594. The Balaban J connectivity index is 1.36. The number of ether oxygens (including phenoxy) is 1. The topological polar surface area (TPSA) is 73.6 Å². The summed E-state index contributed by atoms with van der Waals surface area (Å²) in [5.41, 5.74) is -3.51. The molecule has 0 unspecified atom stereocenters. The molecule has 0 N–H and O–H groups in total. The molecular formula is C23H20F3N3O3S. The molecule has 0 saturated carbocycles. The van der Waals surface area contributed by atoms with Crippen LogP contribution in [0.1, 0.15) is 34.3 Å². The van der Waals surface area contributed by atoms with Gasteiger partial charge in [0.2, 0.25) is 0 Å². The second kappa shape index (κ2) is 8.98. The molecule has 1 spiro atoms. The van der Waals surface area contributed by atoms with Crippen molar-refractivity contribution in [2.75, 3.05) is 19.6 Å². The van der Waals surface area contributed by atoms with Gasteiger partial charge in [-0.25, -0.2) is 4.79 Å². The van der Waals surface area contributed by atoms with Crippen molar-refractivity contribution >= 4 is 23.8 Å². The molecule has 0 aromatic heterocycles. The average Bonchev–Trinajstić information content (AvgIpc) is 3.08. The van der Waals surface area contributed by atoms with Crippen LogP contribution >= 0.6 is 11.8 Å². The lowest BCUT2D eigenvalue weighted by Crippen LogP contribution is -2.48. The molecular weight excluding hydrogens is 455 g/mol. The smallest absolute Gasteiger partial charge is 0.441 e. The van der Waals surface area contributed by atoms with Gasteiger partial charge in [-0.05, 0) is 47.7 Å². The van der Waals surface area contributed by atoms with E-state index in [0.29, 0.717) is 43.6 Å². The number of hydrogen-bond acceptors (Lipinski definition) is 5. The molecule has 4 rings (SSSR count). The van der Waals surface area contributed by atoms with Crippen LogP contribution in [0.15, 0.2) is 53.4 Å². The monoisotopic (exact) mass is 475 g/mol. The Kier molecular flexibility index (Phi) is 6.26. The largest absolute Gasteiger partial charge is 0.446 e. The van der Waals surface area contributed by atoms with E-state index in [1.54, 1.807) is 28.0 Å². The number of alkyl halides is 3. The summed E-state index contributed by atoms with van der Waals surface area (Å²) in [6.45, 7) is 1.38. The van der Waals surface area contributed by atoms with Crippen molar-refractivity contribution in [3.63, 3.8) is 0 Å². The number of halogens is 3. The number of carbonyl (C=O) groups excluding carboxylic acids is 2. The van der Waals surface area contributed by atoms with Crippen molar-refractivity contribution in [3.8, 4) is 6.07 Å². The molecule has 2 fully saturated rings. The second-order valence-electron chi connectivity index (χ2n) is 8.04. The van der Waals surface area contributed by atoms with E-state index in [1.807, 2.05) is 6.07 Å². The third-order valence-corrected chi connectivity index (χ3v) is 6.58. The van der Waals surface area contributed by atoms with Gasteiger partial charge >= 0.3 is 11.6 Å². The molecule has 10 heteroatoms. The second-order valence-corrected chi connectivity index (χ2v) is 9.18. The van der Waals surface area contributed by atoms with Gasteiger partial charge in [-0.2, -0.15) is 18.4 Å². The number of amides is 2. The van der Waals surface area contributed by atoms with Crippen LogP contribution < -0.4 is 0 Å². The van der Waals surface area contributed by atoms with E-state index in [4.69, 9.17) is 4.74 Å². The lowest BCUT2D eigenvalue weighted by atomic mass is 9.91. The Hall–Kier alpha value is -3.19. The number of nitrogens with zero attached hydrogens (tertiary/aromatic N) is 3. The Morgan fingerprint density at radius 1 is 1.12 bits per heavy atom. The lowest BCUT2D eigenvalue weighted by molar-refractivity contribution is -0.0328. The summed E-state index contributed by atoms with van der Waals surface area (Å²) in [5.74, 6) is -0.266. The summed E-state index contributed by atoms with van der Waals surface area (Å²) in [6, 6.07) is 14.6. The van der Waals surface area contributed by atoms with Crippen LogP contribution in [0.5, 0.6) is 0 Å². The molecule has 2 aliphatic rings. The molecule has 2 amide bonds. The fraction of sp³-hybridized carbons (Fsp3) is 0.348. The van der Waals surface area contributed by atoms with E-state index in [1.165, 1.54) is 24.3 Å². The standard InChI is InChI=1S/C23H20F3N3O3S/c24-23(25,26)33-19-7-5-16(6-8-19)20(30)28-11-9-22(10-12-28)15-29(21(31)32-22)14-18-4-2-1-3-17(18)13-27/h1-8H,9-12,14-15H2. The van der Waals surface area contributed by atoms with Crippen molar-refractivity contribution < 1.29 is 27.5 Å². The highest BCUT2D eigenvalue weighted by molar-refractivity contribution is 8.00. The highest BCUT2D eigenvalue weighted by Gasteiger charge is 2.47. The maximum atomic E-state index is 12.8. The summed E-state index contributed by atoms with van der Waals surface area (Å²) in [6.07, 6.45) is 0.478. The number of nitriles is 1. The predicted molar refractivity (Wildman–Crippen MR) is 114 cm³/mol. The van der Waals surface area contributed by atoms with Crippen LogP contribution in [0, 0.1) is 11.3 Å². The van der Waals surface area contributed by atoms with Gasteiger partial charge in [-0.15, -0.1) is 0 Å². The summed E-state index contributed by atoms with van der Waals surface area (Å²) in [7, 11) is 0. The minimum absolute atomic E-state index is 0.0209. The Bertz CT molecular complexity index is 1090. The van der Waals surface area contributed by atoms with Gasteiger partial charge < -0.3 is 9.64 Å². The van der Waals surface area contributed by atoms with Gasteiger partial charge in [-0.1, -0.05) is 18.2 Å². The zero-order valence-electron chi connectivity index (χ0n) is 17.5. The number of hydrogen-bond donors (Lipinski definition) is 0. The predicted octanol–water partition coefficient (Wildman–Crippen LogP) is 4.80. The zero-order chi connectivity index (χ0) is 23.6. The molecule has 172 valence electrons. The minimum Gasteiger partial charge on any atom is -0.441 e. The highest BCUT2D eigenvalue weighted by Crippen LogP contribution is 2.37. The molecule has 2 heterocycles. The van der Waals surface area contributed by atoms with Crippen LogP contribution in [0.4, 0.5) is 18.0 Å². The van der Waals surface area contributed by atoms with Crippen molar-refractivity contribution in [1.29, 1.82) is 5.26 Å². The van der Waals surface area contributed by atoms with Crippen LogP contribution in [-0.2, 0) is 11.3 Å². The molecule has 2 aromatic rings. The first-order chi connectivity index (χ1) is 15.7. The zero-order valence-corrected chi connectivity index (χ0v) is 18.3. The Morgan fingerprint density at radius 2 is 1.79 bits per heavy atom.